The van der Waals surface area contributed by atoms with Crippen LogP contribution in [0.4, 0.5) is 5.69 Å². The van der Waals surface area contributed by atoms with Crippen molar-refractivity contribution in [1.82, 2.24) is 21.3 Å². The first-order valence-electron chi connectivity index (χ1n) is 13.2. The number of amides is 4. The van der Waals surface area contributed by atoms with Crippen LogP contribution in [0, 0.1) is 5.92 Å². The molecule has 0 saturated heterocycles. The van der Waals surface area contributed by atoms with E-state index in [2.05, 4.69) is 26.6 Å². The molecule has 2 rings (SSSR count). The second-order valence-corrected chi connectivity index (χ2v) is 9.85. The van der Waals surface area contributed by atoms with Gasteiger partial charge in [-0.15, -0.1) is 0 Å². The Bertz CT molecular complexity index is 1140. The van der Waals surface area contributed by atoms with Crippen LogP contribution < -0.4 is 26.6 Å². The van der Waals surface area contributed by atoms with Crippen molar-refractivity contribution in [1.29, 1.82) is 0 Å². The number of benzene rings is 2. The summed E-state index contributed by atoms with van der Waals surface area (Å²) in [5, 5.41) is 13.4. The maximum Gasteiger partial charge on any atom is 0.308 e. The lowest BCUT2D eigenvalue weighted by atomic mass is 10.1. The first kappa shape index (κ1) is 32.0. The first-order valence-corrected chi connectivity index (χ1v) is 13.2. The Balaban J connectivity index is 1.88. The molecule has 11 heteroatoms. The topological polar surface area (TPSA) is 155 Å². The molecule has 0 unspecified atom stereocenters. The highest BCUT2D eigenvalue weighted by atomic mass is 16.5. The fourth-order valence-corrected chi connectivity index (χ4v) is 3.34. The molecule has 216 valence electrons. The summed E-state index contributed by atoms with van der Waals surface area (Å²) in [7, 11) is 0. The SMILES string of the molecule is CC(C)NCC(=O)NCC(=O)N[C@@H](Cc1ccccc1)C(=O)NCC(=O)Nc1ccc(COC(=O)C(C)C)cc1. The highest BCUT2D eigenvalue weighted by molar-refractivity contribution is 5.96. The molecule has 11 nitrogen and oxygen atoms in total. The number of hydrogen-bond acceptors (Lipinski definition) is 7. The first-order chi connectivity index (χ1) is 19.0. The van der Waals surface area contributed by atoms with E-state index in [1.807, 2.05) is 44.2 Å². The zero-order chi connectivity index (χ0) is 29.5. The molecule has 40 heavy (non-hydrogen) atoms. The van der Waals surface area contributed by atoms with E-state index in [1.54, 1.807) is 38.1 Å². The minimum absolute atomic E-state index is 0.0717. The largest absolute Gasteiger partial charge is 0.461 e. The van der Waals surface area contributed by atoms with Crippen LogP contribution in [0.25, 0.3) is 0 Å². The third-order valence-corrected chi connectivity index (χ3v) is 5.56. The third kappa shape index (κ3) is 12.5. The number of anilines is 1. The van der Waals surface area contributed by atoms with Gasteiger partial charge in [-0.1, -0.05) is 70.2 Å². The number of carbonyl (C=O) groups excluding carboxylic acids is 5. The molecule has 0 fully saturated rings. The standard InChI is InChI=1S/C29H39N5O6/c1-19(2)29(39)40-18-22-10-12-23(13-11-22)33-26(36)17-32-28(38)24(14-21-8-6-5-7-9-21)34-27(37)16-31-25(35)15-30-20(3)4/h5-13,19-20,24,30H,14-18H2,1-4H3,(H,31,35)(H,32,38)(H,33,36)(H,34,37)/t24-/m0/s1. The summed E-state index contributed by atoms with van der Waals surface area (Å²) in [4.78, 5) is 61.4. The summed E-state index contributed by atoms with van der Waals surface area (Å²) in [5.74, 6) is -2.37. The lowest BCUT2D eigenvalue weighted by molar-refractivity contribution is -0.148. The van der Waals surface area contributed by atoms with Crippen molar-refractivity contribution >= 4 is 35.3 Å². The van der Waals surface area contributed by atoms with Crippen LogP contribution in [0.5, 0.6) is 0 Å². The minimum Gasteiger partial charge on any atom is -0.461 e. The minimum atomic E-state index is -0.957. The fourth-order valence-electron chi connectivity index (χ4n) is 3.34. The number of esters is 1. The van der Waals surface area contributed by atoms with E-state index in [-0.39, 0.29) is 56.5 Å². The summed E-state index contributed by atoms with van der Waals surface area (Å²) in [6.07, 6.45) is 0.200. The molecule has 0 heterocycles. The van der Waals surface area contributed by atoms with Crippen molar-refractivity contribution in [3.63, 3.8) is 0 Å². The monoisotopic (exact) mass is 553 g/mol. The number of hydrogen-bond donors (Lipinski definition) is 5. The van der Waals surface area contributed by atoms with Crippen molar-refractivity contribution in [2.45, 2.75) is 52.8 Å². The fraction of sp³-hybridized carbons (Fsp3) is 0.414. The number of nitrogens with one attached hydrogen (secondary N) is 5. The zero-order valence-corrected chi connectivity index (χ0v) is 23.4. The van der Waals surface area contributed by atoms with Gasteiger partial charge in [0.15, 0.2) is 0 Å². The molecule has 4 amide bonds. The van der Waals surface area contributed by atoms with Gasteiger partial charge in [-0.3, -0.25) is 24.0 Å². The Morgan fingerprint density at radius 1 is 0.725 bits per heavy atom. The maximum absolute atomic E-state index is 12.9. The van der Waals surface area contributed by atoms with Crippen LogP contribution in [0.15, 0.2) is 54.6 Å². The van der Waals surface area contributed by atoms with Gasteiger partial charge >= 0.3 is 5.97 Å². The molecule has 0 aliphatic heterocycles. The quantitative estimate of drug-likeness (QED) is 0.208. The second kappa shape index (κ2) is 16.7. The van der Waals surface area contributed by atoms with E-state index >= 15 is 0 Å². The van der Waals surface area contributed by atoms with E-state index in [0.717, 1.165) is 11.1 Å². The zero-order valence-electron chi connectivity index (χ0n) is 23.4. The van der Waals surface area contributed by atoms with Crippen LogP contribution >= 0.6 is 0 Å². The Labute approximate surface area is 234 Å². The van der Waals surface area contributed by atoms with E-state index < -0.39 is 23.8 Å². The highest BCUT2D eigenvalue weighted by Crippen LogP contribution is 2.11. The number of carbonyl (C=O) groups is 5. The summed E-state index contributed by atoms with van der Waals surface area (Å²) < 4.78 is 5.19. The number of ether oxygens (including phenoxy) is 1. The molecule has 0 bridgehead atoms. The van der Waals surface area contributed by atoms with Gasteiger partial charge in [-0.05, 0) is 23.3 Å². The van der Waals surface area contributed by atoms with Crippen molar-refractivity contribution in [2.24, 2.45) is 5.92 Å². The van der Waals surface area contributed by atoms with Gasteiger partial charge < -0.3 is 31.3 Å². The molecule has 1 atom stereocenters. The predicted octanol–water partition coefficient (Wildman–Crippen LogP) is 1.28. The summed E-state index contributed by atoms with van der Waals surface area (Å²) in [5.41, 5.74) is 2.10. The van der Waals surface area contributed by atoms with Crippen LogP contribution in [-0.4, -0.2) is 61.3 Å². The van der Waals surface area contributed by atoms with Crippen LogP contribution in [0.3, 0.4) is 0 Å². The molecule has 2 aromatic carbocycles. The molecule has 0 aromatic heterocycles. The Morgan fingerprint density at radius 2 is 1.38 bits per heavy atom. The summed E-state index contributed by atoms with van der Waals surface area (Å²) >= 11 is 0. The van der Waals surface area contributed by atoms with Crippen molar-refractivity contribution in [2.75, 3.05) is 25.0 Å². The molecule has 0 spiro atoms. The molecule has 0 saturated carbocycles. The molecular weight excluding hydrogens is 514 g/mol. The molecule has 5 N–H and O–H groups in total. The molecule has 0 aliphatic carbocycles. The summed E-state index contributed by atoms with van der Waals surface area (Å²) in [6.45, 7) is 6.91. The van der Waals surface area contributed by atoms with Crippen LogP contribution in [0.1, 0.15) is 38.8 Å². The van der Waals surface area contributed by atoms with Crippen LogP contribution in [0.2, 0.25) is 0 Å². The van der Waals surface area contributed by atoms with Gasteiger partial charge in [-0.2, -0.15) is 0 Å². The summed E-state index contributed by atoms with van der Waals surface area (Å²) in [6, 6.07) is 15.1. The average molecular weight is 554 g/mol. The molecule has 0 aliphatic rings. The second-order valence-electron chi connectivity index (χ2n) is 9.85. The van der Waals surface area contributed by atoms with Crippen LogP contribution in [-0.2, 0) is 41.7 Å². The highest BCUT2D eigenvalue weighted by Gasteiger charge is 2.22. The Kier molecular flexibility index (Phi) is 13.3. The molecule has 0 radical (unpaired) electrons. The van der Waals surface area contributed by atoms with Gasteiger partial charge in [0, 0.05) is 18.2 Å². The maximum atomic E-state index is 12.9. The van der Waals surface area contributed by atoms with Gasteiger partial charge in [0.1, 0.15) is 12.6 Å². The van der Waals surface area contributed by atoms with E-state index in [1.165, 1.54) is 0 Å². The van der Waals surface area contributed by atoms with Crippen molar-refractivity contribution in [3.05, 3.63) is 65.7 Å². The van der Waals surface area contributed by atoms with E-state index in [9.17, 15) is 24.0 Å². The molecule has 2 aromatic rings. The van der Waals surface area contributed by atoms with Gasteiger partial charge in [0.2, 0.25) is 23.6 Å². The van der Waals surface area contributed by atoms with E-state index in [4.69, 9.17) is 4.74 Å². The van der Waals surface area contributed by atoms with Gasteiger partial charge in [-0.25, -0.2) is 0 Å². The normalized spacial score (nSPS) is 11.4. The lowest BCUT2D eigenvalue weighted by Crippen LogP contribution is -2.52. The van der Waals surface area contributed by atoms with Gasteiger partial charge in [0.05, 0.1) is 25.6 Å². The predicted molar refractivity (Wildman–Crippen MR) is 151 cm³/mol. The van der Waals surface area contributed by atoms with Gasteiger partial charge in [0.25, 0.3) is 0 Å². The lowest BCUT2D eigenvalue weighted by Gasteiger charge is -2.19. The molecular formula is C29H39N5O6. The Morgan fingerprint density at radius 3 is 2.00 bits per heavy atom. The average Bonchev–Trinajstić information content (AvgIpc) is 2.93. The number of rotatable bonds is 15. The van der Waals surface area contributed by atoms with Crippen molar-refractivity contribution in [3.8, 4) is 0 Å². The van der Waals surface area contributed by atoms with Crippen molar-refractivity contribution < 1.29 is 28.7 Å². The Hall–Kier alpha value is -4.25. The third-order valence-electron chi connectivity index (χ3n) is 5.56. The van der Waals surface area contributed by atoms with E-state index in [0.29, 0.717) is 5.69 Å². The smallest absolute Gasteiger partial charge is 0.308 e.